The maximum atomic E-state index is 12.1. The van der Waals surface area contributed by atoms with Crippen molar-refractivity contribution in [2.45, 2.75) is 129 Å². The summed E-state index contributed by atoms with van der Waals surface area (Å²) in [4.78, 5) is 12.1. The molecule has 3 N–H and O–H groups in total. The molecule has 0 aliphatic rings. The predicted molar refractivity (Wildman–Crippen MR) is 138 cm³/mol. The van der Waals surface area contributed by atoms with Crippen molar-refractivity contribution in [1.82, 2.24) is 5.32 Å². The summed E-state index contributed by atoms with van der Waals surface area (Å²) in [5, 5.41) is 22.5. The summed E-state index contributed by atoms with van der Waals surface area (Å²) in [5.41, 5.74) is 0. The van der Waals surface area contributed by atoms with E-state index in [0.29, 0.717) is 6.42 Å². The van der Waals surface area contributed by atoms with Gasteiger partial charge in [0.25, 0.3) is 0 Å². The summed E-state index contributed by atoms with van der Waals surface area (Å²) in [6.45, 7) is 4.13. The molecule has 0 spiro atoms. The smallest absolute Gasteiger partial charge is 0.220 e. The van der Waals surface area contributed by atoms with E-state index in [4.69, 9.17) is 0 Å². The van der Waals surface area contributed by atoms with Gasteiger partial charge in [-0.05, 0) is 51.4 Å². The zero-order chi connectivity index (χ0) is 23.7. The number of aliphatic hydroxyl groups excluding tert-OH is 2. The van der Waals surface area contributed by atoms with Crippen LogP contribution >= 0.6 is 0 Å². The Hall–Kier alpha value is -1.39. The van der Waals surface area contributed by atoms with E-state index in [0.717, 1.165) is 51.4 Å². The molecule has 0 aromatic rings. The van der Waals surface area contributed by atoms with Gasteiger partial charge in [0, 0.05) is 6.42 Å². The highest BCUT2D eigenvalue weighted by molar-refractivity contribution is 5.76. The Morgan fingerprint density at radius 3 is 1.94 bits per heavy atom. The second-order valence-electron chi connectivity index (χ2n) is 8.74. The Morgan fingerprint density at radius 1 is 0.719 bits per heavy atom. The summed E-state index contributed by atoms with van der Waals surface area (Å²) < 4.78 is 0. The molecule has 1 amide bonds. The summed E-state index contributed by atoms with van der Waals surface area (Å²) in [7, 11) is 0. The Bertz CT molecular complexity index is 499. The van der Waals surface area contributed by atoms with Crippen LogP contribution in [0, 0.1) is 0 Å². The van der Waals surface area contributed by atoms with Gasteiger partial charge in [0.1, 0.15) is 0 Å². The van der Waals surface area contributed by atoms with Crippen LogP contribution in [0.25, 0.3) is 0 Å². The van der Waals surface area contributed by atoms with E-state index in [9.17, 15) is 15.0 Å². The average molecular weight is 450 g/mol. The fourth-order valence-electron chi connectivity index (χ4n) is 3.49. The second-order valence-corrected chi connectivity index (χ2v) is 8.74. The number of carbonyl (C=O) groups excluding carboxylic acids is 1. The maximum absolute atomic E-state index is 12.1. The van der Waals surface area contributed by atoms with Crippen molar-refractivity contribution in [2.24, 2.45) is 0 Å². The number of nitrogens with one attached hydrogen (secondary N) is 1. The number of carbonyl (C=O) groups is 1. The monoisotopic (exact) mass is 449 g/mol. The molecule has 4 nitrogen and oxygen atoms in total. The van der Waals surface area contributed by atoms with Gasteiger partial charge in [0.05, 0.1) is 18.8 Å². The predicted octanol–water partition coefficient (Wildman–Crippen LogP) is 6.77. The Labute approximate surface area is 198 Å². The highest BCUT2D eigenvalue weighted by Crippen LogP contribution is 2.09. The van der Waals surface area contributed by atoms with E-state index in [1.54, 1.807) is 6.08 Å². The molecule has 0 aromatic heterocycles. The highest BCUT2D eigenvalue weighted by atomic mass is 16.3. The molecule has 0 aliphatic heterocycles. The third-order valence-corrected chi connectivity index (χ3v) is 5.58. The van der Waals surface area contributed by atoms with Crippen molar-refractivity contribution in [3.63, 3.8) is 0 Å². The number of allylic oxidation sites excluding steroid dienone is 5. The molecule has 0 rings (SSSR count). The standard InChI is InChI=1S/C28H51NO3/c1-3-5-7-9-11-12-13-14-15-16-18-20-22-24-28(32)29-26(25-30)27(31)23-21-19-17-10-8-6-4-2/h8,10,12-13,21,23,26-27,30-31H,3-7,9,11,14-20,22,24-25H2,1-2H3,(H,29,32)/b10-8+,13-12-,23-21+. The van der Waals surface area contributed by atoms with Gasteiger partial charge in [0.2, 0.25) is 5.91 Å². The van der Waals surface area contributed by atoms with Gasteiger partial charge in [0.15, 0.2) is 0 Å². The molecule has 0 saturated carbocycles. The molecule has 186 valence electrons. The summed E-state index contributed by atoms with van der Waals surface area (Å²) in [6, 6.07) is -0.636. The largest absolute Gasteiger partial charge is 0.394 e. The van der Waals surface area contributed by atoms with Crippen LogP contribution in [0.2, 0.25) is 0 Å². The van der Waals surface area contributed by atoms with Crippen molar-refractivity contribution in [3.8, 4) is 0 Å². The molecule has 2 atom stereocenters. The van der Waals surface area contributed by atoms with Gasteiger partial charge in [-0.2, -0.15) is 0 Å². The van der Waals surface area contributed by atoms with Crippen LogP contribution in [0.3, 0.4) is 0 Å². The van der Waals surface area contributed by atoms with Crippen LogP contribution < -0.4 is 5.32 Å². The molecule has 0 bridgehead atoms. The van der Waals surface area contributed by atoms with E-state index < -0.39 is 12.1 Å². The lowest BCUT2D eigenvalue weighted by molar-refractivity contribution is -0.123. The van der Waals surface area contributed by atoms with Gasteiger partial charge in [-0.1, -0.05) is 95.2 Å². The van der Waals surface area contributed by atoms with E-state index in [2.05, 4.69) is 43.5 Å². The first-order valence-electron chi connectivity index (χ1n) is 13.2. The van der Waals surface area contributed by atoms with Crippen LogP contribution in [0.1, 0.15) is 117 Å². The van der Waals surface area contributed by atoms with Crippen LogP contribution in [0.5, 0.6) is 0 Å². The average Bonchev–Trinajstić information content (AvgIpc) is 2.79. The number of hydrogen-bond donors (Lipinski definition) is 3. The number of hydrogen-bond acceptors (Lipinski definition) is 3. The lowest BCUT2D eigenvalue weighted by atomic mass is 10.1. The second kappa shape index (κ2) is 24.3. The Balaban J connectivity index is 3.75. The Morgan fingerprint density at radius 2 is 1.28 bits per heavy atom. The first kappa shape index (κ1) is 30.6. The van der Waals surface area contributed by atoms with Crippen molar-refractivity contribution in [3.05, 3.63) is 36.5 Å². The molecule has 0 aromatic carbocycles. The third-order valence-electron chi connectivity index (χ3n) is 5.58. The van der Waals surface area contributed by atoms with Crippen LogP contribution in [0.15, 0.2) is 36.5 Å². The van der Waals surface area contributed by atoms with Gasteiger partial charge in [-0.15, -0.1) is 0 Å². The normalized spacial score (nSPS) is 14.0. The number of rotatable bonds is 22. The van der Waals surface area contributed by atoms with Crippen molar-refractivity contribution >= 4 is 5.91 Å². The summed E-state index contributed by atoms with van der Waals surface area (Å²) in [6.07, 6.45) is 29.3. The fraction of sp³-hybridized carbons (Fsp3) is 0.750. The quantitative estimate of drug-likeness (QED) is 0.126. The van der Waals surface area contributed by atoms with E-state index in [1.807, 2.05) is 6.08 Å². The Kier molecular flexibility index (Phi) is 23.2. The van der Waals surface area contributed by atoms with Gasteiger partial charge < -0.3 is 15.5 Å². The summed E-state index contributed by atoms with van der Waals surface area (Å²) in [5.74, 6) is -0.0926. The van der Waals surface area contributed by atoms with E-state index in [1.165, 1.54) is 44.9 Å². The minimum atomic E-state index is -0.858. The first-order valence-corrected chi connectivity index (χ1v) is 13.2. The van der Waals surface area contributed by atoms with Crippen molar-refractivity contribution in [2.75, 3.05) is 6.61 Å². The third kappa shape index (κ3) is 20.5. The van der Waals surface area contributed by atoms with Crippen molar-refractivity contribution in [1.29, 1.82) is 0 Å². The van der Waals surface area contributed by atoms with Crippen LogP contribution in [-0.4, -0.2) is 34.9 Å². The minimum absolute atomic E-state index is 0.0926. The molecule has 0 saturated heterocycles. The zero-order valence-electron chi connectivity index (χ0n) is 20.9. The molecule has 32 heavy (non-hydrogen) atoms. The fourth-order valence-corrected chi connectivity index (χ4v) is 3.49. The minimum Gasteiger partial charge on any atom is -0.394 e. The molecular formula is C28H51NO3. The topological polar surface area (TPSA) is 69.6 Å². The molecule has 0 radical (unpaired) electrons. The molecule has 2 unspecified atom stereocenters. The lowest BCUT2D eigenvalue weighted by Gasteiger charge is -2.19. The van der Waals surface area contributed by atoms with Crippen molar-refractivity contribution < 1.29 is 15.0 Å². The molecule has 4 heteroatoms. The molecule has 0 aliphatic carbocycles. The molecule has 0 heterocycles. The van der Waals surface area contributed by atoms with E-state index in [-0.39, 0.29) is 12.5 Å². The number of amides is 1. The van der Waals surface area contributed by atoms with E-state index >= 15 is 0 Å². The number of unbranched alkanes of at least 4 members (excludes halogenated alkanes) is 11. The molecular weight excluding hydrogens is 398 g/mol. The van der Waals surface area contributed by atoms with Crippen LogP contribution in [0.4, 0.5) is 0 Å². The SMILES string of the molecule is CCC/C=C/CC/C=C/C(O)C(CO)NC(=O)CCCCCCC/C=C\CCCCCC. The zero-order valence-corrected chi connectivity index (χ0v) is 20.9. The van der Waals surface area contributed by atoms with Gasteiger partial charge in [-0.3, -0.25) is 4.79 Å². The molecule has 0 fully saturated rings. The summed E-state index contributed by atoms with van der Waals surface area (Å²) >= 11 is 0. The number of aliphatic hydroxyl groups is 2. The van der Waals surface area contributed by atoms with Gasteiger partial charge in [-0.25, -0.2) is 0 Å². The maximum Gasteiger partial charge on any atom is 0.220 e. The lowest BCUT2D eigenvalue weighted by Crippen LogP contribution is -2.45. The first-order chi connectivity index (χ1) is 15.7. The van der Waals surface area contributed by atoms with Crippen LogP contribution in [-0.2, 0) is 4.79 Å². The highest BCUT2D eigenvalue weighted by Gasteiger charge is 2.17. The van der Waals surface area contributed by atoms with Gasteiger partial charge >= 0.3 is 0 Å².